The van der Waals surface area contributed by atoms with Crippen molar-refractivity contribution in [1.29, 1.82) is 0 Å². The summed E-state index contributed by atoms with van der Waals surface area (Å²) in [6.07, 6.45) is 2.71. The summed E-state index contributed by atoms with van der Waals surface area (Å²) in [6, 6.07) is 10.9. The molecule has 2 aromatic rings. The van der Waals surface area contributed by atoms with Crippen LogP contribution in [-0.4, -0.2) is 12.0 Å². The maximum Gasteiger partial charge on any atom is 0.128 e. The van der Waals surface area contributed by atoms with Gasteiger partial charge in [-0.05, 0) is 44.5 Å². The molecule has 0 aliphatic rings. The molecular formula is C16H21N3. The van der Waals surface area contributed by atoms with Gasteiger partial charge in [0.05, 0.1) is 0 Å². The Balaban J connectivity index is 2.27. The molecule has 19 heavy (non-hydrogen) atoms. The van der Waals surface area contributed by atoms with Gasteiger partial charge in [-0.2, -0.15) is 0 Å². The topological polar surface area (TPSA) is 50.9 Å². The third kappa shape index (κ3) is 3.32. The van der Waals surface area contributed by atoms with Crippen molar-refractivity contribution in [3.8, 4) is 0 Å². The molecule has 1 atom stereocenters. The summed E-state index contributed by atoms with van der Waals surface area (Å²) in [4.78, 5) is 4.24. The van der Waals surface area contributed by atoms with Gasteiger partial charge in [-0.25, -0.2) is 4.98 Å². The highest BCUT2D eigenvalue weighted by Crippen LogP contribution is 2.23. The molecule has 0 radical (unpaired) electrons. The Morgan fingerprint density at radius 2 is 2.00 bits per heavy atom. The van der Waals surface area contributed by atoms with Gasteiger partial charge in [0, 0.05) is 17.8 Å². The molecule has 0 aliphatic heterocycles. The lowest BCUT2D eigenvalue weighted by Gasteiger charge is -2.19. The molecule has 0 aliphatic carbocycles. The number of nitrogen functional groups attached to an aromatic ring is 1. The monoisotopic (exact) mass is 255 g/mol. The summed E-state index contributed by atoms with van der Waals surface area (Å²) in [5.41, 5.74) is 10.8. The van der Waals surface area contributed by atoms with E-state index in [2.05, 4.69) is 47.6 Å². The first-order chi connectivity index (χ1) is 9.10. The molecule has 0 saturated carbocycles. The maximum atomic E-state index is 6.00. The second-order valence-electron chi connectivity index (χ2n) is 5.02. The van der Waals surface area contributed by atoms with Crippen molar-refractivity contribution in [2.24, 2.45) is 0 Å². The maximum absolute atomic E-state index is 6.00. The summed E-state index contributed by atoms with van der Waals surface area (Å²) in [5.74, 6) is 0.609. The largest absolute Gasteiger partial charge is 0.383 e. The van der Waals surface area contributed by atoms with Gasteiger partial charge in [-0.15, -0.1) is 0 Å². The van der Waals surface area contributed by atoms with Crippen LogP contribution in [0.4, 0.5) is 5.82 Å². The second kappa shape index (κ2) is 5.85. The van der Waals surface area contributed by atoms with Crippen molar-refractivity contribution in [2.45, 2.75) is 26.3 Å². The number of hydrogen-bond donors (Lipinski definition) is 2. The number of nitrogens with two attached hydrogens (primary N) is 1. The lowest BCUT2D eigenvalue weighted by atomic mass is 9.97. The molecular weight excluding hydrogens is 234 g/mol. The van der Waals surface area contributed by atoms with Crippen LogP contribution < -0.4 is 11.1 Å². The van der Waals surface area contributed by atoms with Crippen LogP contribution in [0.15, 0.2) is 36.5 Å². The number of benzene rings is 1. The van der Waals surface area contributed by atoms with Gasteiger partial charge in [0.2, 0.25) is 0 Å². The van der Waals surface area contributed by atoms with E-state index in [4.69, 9.17) is 5.73 Å². The van der Waals surface area contributed by atoms with Gasteiger partial charge in [0.15, 0.2) is 0 Å². The zero-order chi connectivity index (χ0) is 13.8. The van der Waals surface area contributed by atoms with Crippen LogP contribution in [0.2, 0.25) is 0 Å². The zero-order valence-electron chi connectivity index (χ0n) is 11.8. The SMILES string of the molecule is CNC(Cc1cccc(C)c1)c1cc(C)cnc1N. The average molecular weight is 255 g/mol. The third-order valence-corrected chi connectivity index (χ3v) is 3.33. The predicted octanol–water partition coefficient (Wildman–Crippen LogP) is 2.78. The number of likely N-dealkylation sites (N-methyl/N-ethyl adjacent to an activating group) is 1. The van der Waals surface area contributed by atoms with E-state index >= 15 is 0 Å². The van der Waals surface area contributed by atoms with Crippen LogP contribution >= 0.6 is 0 Å². The number of anilines is 1. The number of nitrogens with zero attached hydrogens (tertiary/aromatic N) is 1. The summed E-state index contributed by atoms with van der Waals surface area (Å²) >= 11 is 0. The van der Waals surface area contributed by atoms with Gasteiger partial charge in [-0.3, -0.25) is 0 Å². The van der Waals surface area contributed by atoms with Gasteiger partial charge in [-0.1, -0.05) is 29.8 Å². The fourth-order valence-electron chi connectivity index (χ4n) is 2.32. The molecule has 1 aromatic heterocycles. The number of pyridine rings is 1. The first-order valence-corrected chi connectivity index (χ1v) is 6.55. The van der Waals surface area contributed by atoms with Gasteiger partial charge >= 0.3 is 0 Å². The molecule has 3 N–H and O–H groups in total. The second-order valence-corrected chi connectivity index (χ2v) is 5.02. The van der Waals surface area contributed by atoms with Crippen molar-refractivity contribution < 1.29 is 0 Å². The van der Waals surface area contributed by atoms with Crippen LogP contribution in [-0.2, 0) is 6.42 Å². The van der Waals surface area contributed by atoms with Crippen molar-refractivity contribution in [3.05, 3.63) is 58.8 Å². The Morgan fingerprint density at radius 1 is 1.21 bits per heavy atom. The van der Waals surface area contributed by atoms with Gasteiger partial charge in [0.25, 0.3) is 0 Å². The van der Waals surface area contributed by atoms with Crippen molar-refractivity contribution in [3.63, 3.8) is 0 Å². The summed E-state index contributed by atoms with van der Waals surface area (Å²) in [5, 5.41) is 3.33. The molecule has 1 aromatic carbocycles. The number of aryl methyl sites for hydroxylation is 2. The first kappa shape index (κ1) is 13.6. The molecule has 100 valence electrons. The highest BCUT2D eigenvalue weighted by atomic mass is 14.9. The van der Waals surface area contributed by atoms with E-state index in [9.17, 15) is 0 Å². The molecule has 1 unspecified atom stereocenters. The molecule has 3 heteroatoms. The standard InChI is InChI=1S/C16H21N3/c1-11-5-4-6-13(7-11)9-15(18-3)14-8-12(2)10-19-16(14)17/h4-8,10,15,18H,9H2,1-3H3,(H2,17,19). The molecule has 0 fully saturated rings. The molecule has 0 saturated heterocycles. The van der Waals surface area contributed by atoms with Crippen LogP contribution in [0.5, 0.6) is 0 Å². The molecule has 0 bridgehead atoms. The average Bonchev–Trinajstić information content (AvgIpc) is 2.39. The van der Waals surface area contributed by atoms with Gasteiger partial charge < -0.3 is 11.1 Å². The van der Waals surface area contributed by atoms with Crippen molar-refractivity contribution in [2.75, 3.05) is 12.8 Å². The third-order valence-electron chi connectivity index (χ3n) is 3.33. The smallest absolute Gasteiger partial charge is 0.128 e. The highest BCUT2D eigenvalue weighted by Gasteiger charge is 2.14. The normalized spacial score (nSPS) is 12.4. The summed E-state index contributed by atoms with van der Waals surface area (Å²) in [6.45, 7) is 4.15. The van der Waals surface area contributed by atoms with E-state index in [0.717, 1.165) is 17.5 Å². The van der Waals surface area contributed by atoms with Crippen LogP contribution in [0.25, 0.3) is 0 Å². The zero-order valence-corrected chi connectivity index (χ0v) is 11.8. The Kier molecular flexibility index (Phi) is 4.17. The van der Waals surface area contributed by atoms with Crippen LogP contribution in [0.1, 0.15) is 28.3 Å². The molecule has 2 rings (SSSR count). The summed E-state index contributed by atoms with van der Waals surface area (Å²) < 4.78 is 0. The molecule has 3 nitrogen and oxygen atoms in total. The minimum absolute atomic E-state index is 0.189. The van der Waals surface area contributed by atoms with Gasteiger partial charge in [0.1, 0.15) is 5.82 Å². The fraction of sp³-hybridized carbons (Fsp3) is 0.312. The van der Waals surface area contributed by atoms with E-state index in [1.165, 1.54) is 11.1 Å². The minimum atomic E-state index is 0.189. The molecule has 0 amide bonds. The van der Waals surface area contributed by atoms with Crippen molar-refractivity contribution in [1.82, 2.24) is 10.3 Å². The Bertz CT molecular complexity index is 564. The lowest BCUT2D eigenvalue weighted by molar-refractivity contribution is 0.591. The van der Waals surface area contributed by atoms with E-state index in [1.807, 2.05) is 14.0 Å². The van der Waals surface area contributed by atoms with Crippen molar-refractivity contribution >= 4 is 5.82 Å². The van der Waals surface area contributed by atoms with Crippen LogP contribution in [0, 0.1) is 13.8 Å². The van der Waals surface area contributed by atoms with E-state index in [0.29, 0.717) is 5.82 Å². The fourth-order valence-corrected chi connectivity index (χ4v) is 2.32. The quantitative estimate of drug-likeness (QED) is 0.883. The highest BCUT2D eigenvalue weighted by molar-refractivity contribution is 5.43. The Hall–Kier alpha value is -1.87. The predicted molar refractivity (Wildman–Crippen MR) is 80.1 cm³/mol. The number of rotatable bonds is 4. The number of nitrogens with one attached hydrogen (secondary N) is 1. The van der Waals surface area contributed by atoms with Crippen LogP contribution in [0.3, 0.4) is 0 Å². The first-order valence-electron chi connectivity index (χ1n) is 6.55. The van der Waals surface area contributed by atoms with E-state index in [1.54, 1.807) is 6.20 Å². The lowest BCUT2D eigenvalue weighted by Crippen LogP contribution is -2.20. The number of hydrogen-bond acceptors (Lipinski definition) is 3. The van der Waals surface area contributed by atoms with E-state index in [-0.39, 0.29) is 6.04 Å². The Morgan fingerprint density at radius 3 is 2.68 bits per heavy atom. The minimum Gasteiger partial charge on any atom is -0.383 e. The van der Waals surface area contributed by atoms with E-state index < -0.39 is 0 Å². The molecule has 1 heterocycles. The number of aromatic nitrogens is 1. The molecule has 0 spiro atoms. The summed E-state index contributed by atoms with van der Waals surface area (Å²) in [7, 11) is 1.96. The Labute approximate surface area is 114 Å².